The first-order valence-corrected chi connectivity index (χ1v) is 9.32. The molecular formula is C17H28N3O2S+. The largest absolute Gasteiger partial charge is 0.335 e. The Morgan fingerprint density at radius 2 is 2.04 bits per heavy atom. The Balaban J connectivity index is 1.79. The van der Waals surface area contributed by atoms with E-state index in [4.69, 9.17) is 0 Å². The molecule has 1 saturated carbocycles. The van der Waals surface area contributed by atoms with Crippen LogP contribution in [0.3, 0.4) is 0 Å². The summed E-state index contributed by atoms with van der Waals surface area (Å²) in [5.74, 6) is -0.218. The molecule has 1 unspecified atom stereocenters. The molecule has 0 radical (unpaired) electrons. The van der Waals surface area contributed by atoms with Crippen molar-refractivity contribution >= 4 is 23.3 Å². The van der Waals surface area contributed by atoms with Crippen molar-refractivity contribution in [3.8, 4) is 0 Å². The maximum absolute atomic E-state index is 12.3. The van der Waals surface area contributed by atoms with Crippen molar-refractivity contribution in [2.24, 2.45) is 0 Å². The average molecular weight is 338 g/mol. The lowest BCUT2D eigenvalue weighted by molar-refractivity contribution is -0.907. The van der Waals surface area contributed by atoms with Crippen LogP contribution in [0.4, 0.5) is 4.79 Å². The van der Waals surface area contributed by atoms with Gasteiger partial charge in [-0.2, -0.15) is 0 Å². The number of hydrogen-bond acceptors (Lipinski definition) is 3. The summed E-state index contributed by atoms with van der Waals surface area (Å²) in [5, 5.41) is 7.49. The molecule has 3 amide bonds. The van der Waals surface area contributed by atoms with Crippen LogP contribution in [0.15, 0.2) is 11.4 Å². The number of urea groups is 1. The van der Waals surface area contributed by atoms with Gasteiger partial charge < -0.3 is 10.2 Å². The van der Waals surface area contributed by atoms with Gasteiger partial charge in [0.05, 0.1) is 11.9 Å². The summed E-state index contributed by atoms with van der Waals surface area (Å²) >= 11 is 1.71. The first-order valence-electron chi connectivity index (χ1n) is 8.44. The highest BCUT2D eigenvalue weighted by molar-refractivity contribution is 7.10. The zero-order valence-electron chi connectivity index (χ0n) is 14.3. The van der Waals surface area contributed by atoms with Crippen LogP contribution < -0.4 is 15.5 Å². The summed E-state index contributed by atoms with van der Waals surface area (Å²) in [6.07, 6.45) is 5.58. The third kappa shape index (κ3) is 5.32. The molecule has 1 aromatic rings. The van der Waals surface area contributed by atoms with Gasteiger partial charge in [0.15, 0.2) is 6.04 Å². The predicted octanol–water partition coefficient (Wildman–Crippen LogP) is 1.62. The van der Waals surface area contributed by atoms with Gasteiger partial charge in [-0.1, -0.05) is 19.3 Å². The van der Waals surface area contributed by atoms with Crippen LogP contribution in [0.1, 0.15) is 49.5 Å². The lowest BCUT2D eigenvalue weighted by Crippen LogP contribution is -3.12. The van der Waals surface area contributed by atoms with Crippen molar-refractivity contribution in [2.75, 3.05) is 7.05 Å². The maximum Gasteiger partial charge on any atom is 0.321 e. The van der Waals surface area contributed by atoms with Crippen LogP contribution in [-0.2, 0) is 11.3 Å². The van der Waals surface area contributed by atoms with E-state index < -0.39 is 0 Å². The first kappa shape index (κ1) is 17.9. The van der Waals surface area contributed by atoms with Crippen molar-refractivity contribution in [3.63, 3.8) is 0 Å². The molecule has 3 N–H and O–H groups in total. The monoisotopic (exact) mass is 338 g/mol. The van der Waals surface area contributed by atoms with Crippen molar-refractivity contribution in [1.29, 1.82) is 0 Å². The summed E-state index contributed by atoms with van der Waals surface area (Å²) in [7, 11) is 1.99. The fraction of sp³-hybridized carbons (Fsp3) is 0.647. The molecule has 6 heteroatoms. The van der Waals surface area contributed by atoms with E-state index in [0.29, 0.717) is 0 Å². The molecule has 0 spiro atoms. The normalized spacial score (nSPS) is 18.2. The molecule has 2 atom stereocenters. The van der Waals surface area contributed by atoms with Gasteiger partial charge in [0.25, 0.3) is 5.91 Å². The number of amides is 3. The molecule has 2 rings (SSSR count). The first-order chi connectivity index (χ1) is 11.0. The Kier molecular flexibility index (Phi) is 6.59. The van der Waals surface area contributed by atoms with Gasteiger partial charge in [-0.3, -0.25) is 10.1 Å². The number of aryl methyl sites for hydroxylation is 1. The quantitative estimate of drug-likeness (QED) is 0.764. The minimum absolute atomic E-state index is 0.214. The second-order valence-corrected chi connectivity index (χ2v) is 7.57. The molecular weight excluding hydrogens is 310 g/mol. The molecule has 0 aliphatic heterocycles. The summed E-state index contributed by atoms with van der Waals surface area (Å²) in [6.45, 7) is 4.74. The number of hydrogen-bond donors (Lipinski definition) is 3. The number of imide groups is 1. The van der Waals surface area contributed by atoms with Crippen LogP contribution >= 0.6 is 11.3 Å². The fourth-order valence-electron chi connectivity index (χ4n) is 2.90. The summed E-state index contributed by atoms with van der Waals surface area (Å²) < 4.78 is 0. The number of thiophene rings is 1. The van der Waals surface area contributed by atoms with E-state index in [1.807, 2.05) is 14.0 Å². The Labute approximate surface area is 142 Å². The highest BCUT2D eigenvalue weighted by atomic mass is 32.1. The zero-order chi connectivity index (χ0) is 16.8. The standard InChI is InChI=1S/C17H27N3O2S/c1-12-9-10-23-15(12)11-20(3)13(2)16(21)19-17(22)18-14-7-5-4-6-8-14/h9-10,13-14H,4-8,11H2,1-3H3,(H2,18,19,21,22)/p+1/t13-/m0/s1. The van der Waals surface area contributed by atoms with Gasteiger partial charge >= 0.3 is 6.03 Å². The predicted molar refractivity (Wildman–Crippen MR) is 92.7 cm³/mol. The van der Waals surface area contributed by atoms with Gasteiger partial charge in [-0.05, 0) is 43.7 Å². The Morgan fingerprint density at radius 3 is 2.65 bits per heavy atom. The van der Waals surface area contributed by atoms with Gasteiger partial charge in [0.1, 0.15) is 6.54 Å². The van der Waals surface area contributed by atoms with Crippen LogP contribution in [0.2, 0.25) is 0 Å². The van der Waals surface area contributed by atoms with Crippen LogP contribution in [0.25, 0.3) is 0 Å². The number of carbonyl (C=O) groups is 2. The van der Waals surface area contributed by atoms with E-state index in [-0.39, 0.29) is 24.0 Å². The minimum atomic E-state index is -0.353. The van der Waals surface area contributed by atoms with Gasteiger partial charge in [-0.15, -0.1) is 11.3 Å². The second kappa shape index (κ2) is 8.45. The van der Waals surface area contributed by atoms with Gasteiger partial charge in [0.2, 0.25) is 0 Å². The summed E-state index contributed by atoms with van der Waals surface area (Å²) in [4.78, 5) is 26.6. The van der Waals surface area contributed by atoms with Gasteiger partial charge in [-0.25, -0.2) is 4.79 Å². The fourth-order valence-corrected chi connectivity index (χ4v) is 3.91. The van der Waals surface area contributed by atoms with E-state index >= 15 is 0 Å². The Hall–Kier alpha value is -1.40. The van der Waals surface area contributed by atoms with Crippen LogP contribution in [-0.4, -0.2) is 31.1 Å². The number of likely N-dealkylation sites (N-methyl/N-ethyl adjacent to an activating group) is 1. The minimum Gasteiger partial charge on any atom is -0.335 e. The SMILES string of the molecule is Cc1ccsc1C[NH+](C)[C@@H](C)C(=O)NC(=O)NC1CCCCC1. The van der Waals surface area contributed by atoms with E-state index in [2.05, 4.69) is 29.0 Å². The maximum atomic E-state index is 12.3. The Bertz CT molecular complexity index is 538. The van der Waals surface area contributed by atoms with E-state index in [9.17, 15) is 9.59 Å². The van der Waals surface area contributed by atoms with Crippen molar-refractivity contribution < 1.29 is 14.5 Å². The van der Waals surface area contributed by atoms with Crippen molar-refractivity contribution in [1.82, 2.24) is 10.6 Å². The second-order valence-electron chi connectivity index (χ2n) is 6.57. The molecule has 128 valence electrons. The Morgan fingerprint density at radius 1 is 1.35 bits per heavy atom. The zero-order valence-corrected chi connectivity index (χ0v) is 15.1. The molecule has 1 aliphatic rings. The lowest BCUT2D eigenvalue weighted by Gasteiger charge is -2.24. The topological polar surface area (TPSA) is 62.6 Å². The molecule has 0 saturated heterocycles. The third-order valence-corrected chi connectivity index (χ3v) is 5.74. The molecule has 23 heavy (non-hydrogen) atoms. The molecule has 0 aromatic carbocycles. The van der Waals surface area contributed by atoms with Crippen molar-refractivity contribution in [3.05, 3.63) is 21.9 Å². The van der Waals surface area contributed by atoms with E-state index in [1.165, 1.54) is 16.9 Å². The number of rotatable bonds is 5. The number of nitrogens with one attached hydrogen (secondary N) is 3. The third-order valence-electron chi connectivity index (χ3n) is 4.72. The highest BCUT2D eigenvalue weighted by Crippen LogP contribution is 2.17. The number of carbonyl (C=O) groups excluding carboxylic acids is 2. The molecule has 1 aromatic heterocycles. The highest BCUT2D eigenvalue weighted by Gasteiger charge is 2.25. The molecule has 1 heterocycles. The molecule has 0 bridgehead atoms. The molecule has 5 nitrogen and oxygen atoms in total. The van der Waals surface area contributed by atoms with Gasteiger partial charge in [0, 0.05) is 6.04 Å². The average Bonchev–Trinajstić information content (AvgIpc) is 2.92. The number of quaternary nitrogens is 1. The summed E-state index contributed by atoms with van der Waals surface area (Å²) in [5.41, 5.74) is 1.26. The lowest BCUT2D eigenvalue weighted by atomic mass is 9.96. The van der Waals surface area contributed by atoms with E-state index in [0.717, 1.165) is 37.1 Å². The van der Waals surface area contributed by atoms with Crippen LogP contribution in [0.5, 0.6) is 0 Å². The molecule has 1 fully saturated rings. The molecule has 1 aliphatic carbocycles. The van der Waals surface area contributed by atoms with E-state index in [1.54, 1.807) is 11.3 Å². The smallest absolute Gasteiger partial charge is 0.321 e. The summed E-state index contributed by atoms with van der Waals surface area (Å²) in [6, 6.07) is 1.68. The van der Waals surface area contributed by atoms with Crippen molar-refractivity contribution in [2.45, 2.75) is 64.6 Å². The van der Waals surface area contributed by atoms with Crippen LogP contribution in [0, 0.1) is 6.92 Å².